The van der Waals surface area contributed by atoms with E-state index >= 15 is 0 Å². The lowest BCUT2D eigenvalue weighted by Crippen LogP contribution is -2.55. The molecule has 0 bridgehead atoms. The van der Waals surface area contributed by atoms with Crippen LogP contribution < -0.4 is 10.5 Å². The molecule has 0 aromatic heterocycles. The van der Waals surface area contributed by atoms with Gasteiger partial charge in [-0.05, 0) is 61.1 Å². The van der Waals surface area contributed by atoms with E-state index < -0.39 is 11.1 Å². The molecule has 0 aliphatic carbocycles. The Morgan fingerprint density at radius 3 is 2.73 bits per heavy atom. The highest BCUT2D eigenvalue weighted by Gasteiger charge is 2.58. The zero-order chi connectivity index (χ0) is 21.1. The van der Waals surface area contributed by atoms with Crippen LogP contribution in [0.4, 0.5) is 0 Å². The van der Waals surface area contributed by atoms with Crippen LogP contribution in [-0.4, -0.2) is 42.6 Å². The van der Waals surface area contributed by atoms with Crippen molar-refractivity contribution in [2.75, 3.05) is 20.3 Å². The molecule has 0 radical (unpaired) electrons. The molecule has 0 unspecified atom stereocenters. The van der Waals surface area contributed by atoms with Crippen LogP contribution in [0, 0.1) is 13.8 Å². The monoisotopic (exact) mass is 405 g/mol. The number of carbonyl (C=O) groups is 1. The molecule has 6 heteroatoms. The maximum Gasteiger partial charge on any atom is 0.261 e. The molecule has 0 saturated carbocycles. The predicted octanol–water partition coefficient (Wildman–Crippen LogP) is 3.28. The van der Waals surface area contributed by atoms with Crippen LogP contribution in [0.15, 0.2) is 41.4 Å². The van der Waals surface area contributed by atoms with Crippen molar-refractivity contribution >= 4 is 11.9 Å². The second kappa shape index (κ2) is 6.57. The van der Waals surface area contributed by atoms with Crippen molar-refractivity contribution in [1.82, 2.24) is 4.90 Å². The van der Waals surface area contributed by atoms with E-state index in [1.54, 1.807) is 7.05 Å². The summed E-state index contributed by atoms with van der Waals surface area (Å²) in [7, 11) is 1.68. The van der Waals surface area contributed by atoms with Gasteiger partial charge < -0.3 is 15.2 Å². The lowest BCUT2D eigenvalue weighted by molar-refractivity contribution is -0.139. The van der Waals surface area contributed by atoms with Gasteiger partial charge in [-0.1, -0.05) is 24.3 Å². The Bertz CT molecular complexity index is 1070. The molecule has 3 aliphatic rings. The van der Waals surface area contributed by atoms with Crippen molar-refractivity contribution in [2.45, 2.75) is 44.2 Å². The summed E-state index contributed by atoms with van der Waals surface area (Å²) in [6.45, 7) is 5.40. The van der Waals surface area contributed by atoms with Crippen molar-refractivity contribution in [1.29, 1.82) is 0 Å². The molecule has 2 atom stereocenters. The number of amides is 1. The molecule has 3 heterocycles. The first-order valence-corrected chi connectivity index (χ1v) is 10.5. The number of fused-ring (bicyclic) bond motifs is 2. The second-order valence-corrected chi connectivity index (χ2v) is 8.77. The second-order valence-electron chi connectivity index (χ2n) is 8.77. The van der Waals surface area contributed by atoms with Gasteiger partial charge in [0.1, 0.15) is 11.4 Å². The molecule has 2 spiro atoms. The highest BCUT2D eigenvalue weighted by atomic mass is 16.5. The van der Waals surface area contributed by atoms with Crippen molar-refractivity contribution in [2.24, 2.45) is 10.7 Å². The Labute approximate surface area is 176 Å². The summed E-state index contributed by atoms with van der Waals surface area (Å²) < 4.78 is 12.3. The molecule has 2 N–H and O–H groups in total. The summed E-state index contributed by atoms with van der Waals surface area (Å²) in [6, 6.07) is 12.4. The number of nitrogens with zero attached hydrogens (tertiary/aromatic N) is 2. The number of ether oxygens (including phenoxy) is 2. The molecular weight excluding hydrogens is 378 g/mol. The zero-order valence-electron chi connectivity index (χ0n) is 17.7. The van der Waals surface area contributed by atoms with Gasteiger partial charge in [-0.15, -0.1) is 0 Å². The minimum atomic E-state index is -1.07. The van der Waals surface area contributed by atoms with Crippen LogP contribution in [-0.2, 0) is 15.1 Å². The van der Waals surface area contributed by atoms with E-state index in [-0.39, 0.29) is 11.9 Å². The van der Waals surface area contributed by atoms with Gasteiger partial charge in [0.15, 0.2) is 11.5 Å². The Kier molecular flexibility index (Phi) is 4.19. The number of carbonyl (C=O) groups excluding carboxylic acids is 1. The van der Waals surface area contributed by atoms with Gasteiger partial charge in [-0.2, -0.15) is 0 Å². The van der Waals surface area contributed by atoms with Gasteiger partial charge in [0.2, 0.25) is 0 Å². The van der Waals surface area contributed by atoms with Crippen molar-refractivity contribution in [3.63, 3.8) is 0 Å². The van der Waals surface area contributed by atoms with Gasteiger partial charge in [0.05, 0.1) is 6.61 Å². The van der Waals surface area contributed by atoms with Gasteiger partial charge in [0, 0.05) is 25.6 Å². The molecule has 2 aromatic carbocycles. The molecule has 1 saturated heterocycles. The SMILES string of the molecule is Cc1cccc(-c2ccc3c(c2)[C@]2(C[C@]4(CCCOC4)O3)N=C(N)N(C)C2=O)c1C. The van der Waals surface area contributed by atoms with E-state index in [4.69, 9.17) is 20.2 Å². The van der Waals surface area contributed by atoms with Crippen LogP contribution in [0.25, 0.3) is 11.1 Å². The number of aliphatic imine (C=N–C) groups is 1. The van der Waals surface area contributed by atoms with Crippen molar-refractivity contribution < 1.29 is 14.3 Å². The molecule has 3 aliphatic heterocycles. The number of hydrogen-bond donors (Lipinski definition) is 1. The van der Waals surface area contributed by atoms with Crippen LogP contribution in [0.5, 0.6) is 5.75 Å². The number of hydrogen-bond acceptors (Lipinski definition) is 5. The third-order valence-electron chi connectivity index (χ3n) is 6.84. The molecule has 156 valence electrons. The lowest BCUT2D eigenvalue weighted by atomic mass is 9.73. The Morgan fingerprint density at radius 1 is 1.20 bits per heavy atom. The maximum atomic E-state index is 13.5. The van der Waals surface area contributed by atoms with E-state index in [9.17, 15) is 4.79 Å². The first kappa shape index (κ1) is 19.1. The van der Waals surface area contributed by atoms with Gasteiger partial charge >= 0.3 is 0 Å². The third kappa shape index (κ3) is 2.67. The molecule has 1 fully saturated rings. The number of guanidine groups is 1. The lowest BCUT2D eigenvalue weighted by Gasteiger charge is -2.46. The normalized spacial score (nSPS) is 27.9. The number of aryl methyl sites for hydroxylation is 1. The highest BCUT2D eigenvalue weighted by Crippen LogP contribution is 2.52. The Morgan fingerprint density at radius 2 is 2.03 bits per heavy atom. The first-order valence-electron chi connectivity index (χ1n) is 10.5. The number of benzene rings is 2. The fourth-order valence-electron chi connectivity index (χ4n) is 5.04. The topological polar surface area (TPSA) is 77.2 Å². The first-order chi connectivity index (χ1) is 14.4. The van der Waals surface area contributed by atoms with Crippen LogP contribution >= 0.6 is 0 Å². The van der Waals surface area contributed by atoms with Gasteiger partial charge in [0.25, 0.3) is 5.91 Å². The number of likely N-dealkylation sites (N-methyl/N-ethyl adjacent to an activating group) is 1. The van der Waals surface area contributed by atoms with E-state index in [0.717, 1.165) is 36.1 Å². The third-order valence-corrected chi connectivity index (χ3v) is 6.84. The summed E-state index contributed by atoms with van der Waals surface area (Å²) in [5.41, 5.74) is 9.92. The molecule has 5 rings (SSSR count). The van der Waals surface area contributed by atoms with Crippen molar-refractivity contribution in [3.8, 4) is 16.9 Å². The molecular formula is C24H27N3O3. The Balaban J connectivity index is 1.70. The van der Waals surface area contributed by atoms with Crippen LogP contribution in [0.2, 0.25) is 0 Å². The summed E-state index contributed by atoms with van der Waals surface area (Å²) in [4.78, 5) is 19.7. The van der Waals surface area contributed by atoms with E-state index in [2.05, 4.69) is 44.2 Å². The molecule has 6 nitrogen and oxygen atoms in total. The minimum absolute atomic E-state index is 0.104. The predicted molar refractivity (Wildman–Crippen MR) is 115 cm³/mol. The van der Waals surface area contributed by atoms with E-state index in [1.165, 1.54) is 16.0 Å². The molecule has 2 aromatic rings. The molecule has 30 heavy (non-hydrogen) atoms. The largest absolute Gasteiger partial charge is 0.484 e. The summed E-state index contributed by atoms with van der Waals surface area (Å²) in [5, 5.41) is 0. The average Bonchev–Trinajstić information content (AvgIpc) is 2.94. The zero-order valence-corrected chi connectivity index (χ0v) is 17.7. The Hall–Kier alpha value is -2.86. The van der Waals surface area contributed by atoms with Crippen LogP contribution in [0.1, 0.15) is 36.0 Å². The fourth-order valence-corrected chi connectivity index (χ4v) is 5.04. The minimum Gasteiger partial charge on any atom is -0.484 e. The van der Waals surface area contributed by atoms with E-state index in [0.29, 0.717) is 18.8 Å². The van der Waals surface area contributed by atoms with Crippen LogP contribution in [0.3, 0.4) is 0 Å². The summed E-state index contributed by atoms with van der Waals surface area (Å²) >= 11 is 0. The van der Waals surface area contributed by atoms with E-state index in [1.807, 2.05) is 6.07 Å². The fraction of sp³-hybridized carbons (Fsp3) is 0.417. The number of rotatable bonds is 1. The summed E-state index contributed by atoms with van der Waals surface area (Å²) in [5.74, 6) is 0.838. The highest BCUT2D eigenvalue weighted by molar-refractivity contribution is 6.07. The smallest absolute Gasteiger partial charge is 0.261 e. The van der Waals surface area contributed by atoms with Gasteiger partial charge in [-0.3, -0.25) is 9.69 Å². The average molecular weight is 405 g/mol. The summed E-state index contributed by atoms with van der Waals surface area (Å²) in [6.07, 6.45) is 2.17. The van der Waals surface area contributed by atoms with Gasteiger partial charge in [-0.25, -0.2) is 4.99 Å². The van der Waals surface area contributed by atoms with Crippen molar-refractivity contribution in [3.05, 3.63) is 53.1 Å². The molecule has 1 amide bonds. The number of nitrogens with two attached hydrogens (primary N) is 1. The maximum absolute atomic E-state index is 13.5. The quantitative estimate of drug-likeness (QED) is 0.790. The standard InChI is InChI=1S/C24H27N3O3/c1-15-6-4-7-18(16(15)2)17-8-9-20-19(12-17)24(21(28)27(3)22(25)26-24)13-23(30-20)10-5-11-29-14-23/h4,6-9,12H,5,10-11,13-14H2,1-3H3,(H2,25,26)/t23-,24-/m0/s1.